The van der Waals surface area contributed by atoms with Crippen LogP contribution in [0.15, 0.2) is 43.1 Å². The molecule has 0 bridgehead atoms. The van der Waals surface area contributed by atoms with Crippen LogP contribution in [0.1, 0.15) is 28.9 Å². The average molecular weight is 508 g/mol. The minimum absolute atomic E-state index is 0.0671. The molecule has 11 nitrogen and oxygen atoms in total. The largest absolute Gasteiger partial charge is 0.491 e. The zero-order chi connectivity index (χ0) is 26.4. The number of hydroxylamine groups is 1. The van der Waals surface area contributed by atoms with Gasteiger partial charge in [0.2, 0.25) is 11.8 Å². The molecule has 1 aromatic carbocycles. The summed E-state index contributed by atoms with van der Waals surface area (Å²) in [4.78, 5) is 34.3. The predicted octanol–water partition coefficient (Wildman–Crippen LogP) is 3.35. The Balaban J connectivity index is 1.42. The van der Waals surface area contributed by atoms with Gasteiger partial charge in [0.15, 0.2) is 5.82 Å². The number of carbonyl (C=O) groups is 1. The van der Waals surface area contributed by atoms with Crippen LogP contribution in [0.4, 0.5) is 10.3 Å². The van der Waals surface area contributed by atoms with E-state index in [0.717, 1.165) is 29.5 Å². The zero-order valence-corrected chi connectivity index (χ0v) is 20.6. The topological polar surface area (TPSA) is 135 Å². The fourth-order valence-electron chi connectivity index (χ4n) is 3.70. The summed E-state index contributed by atoms with van der Waals surface area (Å²) in [6.07, 6.45) is 7.26. The van der Waals surface area contributed by atoms with Gasteiger partial charge in [0, 0.05) is 48.8 Å². The highest BCUT2D eigenvalue weighted by Crippen LogP contribution is 2.33. The summed E-state index contributed by atoms with van der Waals surface area (Å²) in [5.74, 6) is -0.257. The second-order valence-electron chi connectivity index (χ2n) is 8.23. The summed E-state index contributed by atoms with van der Waals surface area (Å²) < 4.78 is 25.3. The van der Waals surface area contributed by atoms with Crippen molar-refractivity contribution >= 4 is 22.8 Å². The number of hydrogen-bond acceptors (Lipinski definition) is 10. The number of halogens is 1. The number of amides is 1. The van der Waals surface area contributed by atoms with Gasteiger partial charge in [-0.2, -0.15) is 0 Å². The molecular weight excluding hydrogens is 481 g/mol. The number of fused-ring (bicyclic) bond motifs is 1. The van der Waals surface area contributed by atoms with Crippen molar-refractivity contribution < 1.29 is 23.9 Å². The van der Waals surface area contributed by atoms with Gasteiger partial charge in [0.1, 0.15) is 17.6 Å². The second kappa shape index (κ2) is 11.5. The average Bonchev–Trinajstić information content (AvgIpc) is 2.92. The van der Waals surface area contributed by atoms with E-state index in [4.69, 9.17) is 14.7 Å². The number of ether oxygens (including phenoxy) is 2. The van der Waals surface area contributed by atoms with Crippen molar-refractivity contribution in [1.29, 1.82) is 0 Å². The lowest BCUT2D eigenvalue weighted by Crippen LogP contribution is -2.23. The van der Waals surface area contributed by atoms with E-state index in [0.29, 0.717) is 35.9 Å². The maximum Gasteiger partial charge on any atom is 0.277 e. The Morgan fingerprint density at radius 2 is 1.84 bits per heavy atom. The maximum atomic E-state index is 14.3. The molecular formula is C25H26FN7O4. The van der Waals surface area contributed by atoms with Crippen LogP contribution in [-0.2, 0) is 0 Å². The van der Waals surface area contributed by atoms with E-state index in [1.54, 1.807) is 11.7 Å². The van der Waals surface area contributed by atoms with Crippen molar-refractivity contribution in [2.24, 2.45) is 0 Å². The van der Waals surface area contributed by atoms with E-state index in [2.05, 4.69) is 24.9 Å². The summed E-state index contributed by atoms with van der Waals surface area (Å²) in [5, 5.41) is 9.49. The monoisotopic (exact) mass is 507 g/mol. The quantitative estimate of drug-likeness (QED) is 0.187. The van der Waals surface area contributed by atoms with Crippen LogP contribution in [-0.4, -0.2) is 63.3 Å². The summed E-state index contributed by atoms with van der Waals surface area (Å²) >= 11 is 0. The normalized spacial score (nSPS) is 10.8. The van der Waals surface area contributed by atoms with E-state index in [9.17, 15) is 9.18 Å². The summed E-state index contributed by atoms with van der Waals surface area (Å²) in [5.41, 5.74) is 4.47. The Kier molecular flexibility index (Phi) is 7.98. The minimum atomic E-state index is -0.670. The van der Waals surface area contributed by atoms with E-state index >= 15 is 0 Å². The molecule has 0 aliphatic rings. The fourth-order valence-corrected chi connectivity index (χ4v) is 3.70. The lowest BCUT2D eigenvalue weighted by molar-refractivity contribution is 0.0705. The van der Waals surface area contributed by atoms with E-state index in [-0.39, 0.29) is 11.4 Å². The number of benzene rings is 1. The number of pyridine rings is 1. The molecule has 192 valence electrons. The molecule has 0 radical (unpaired) electrons. The van der Waals surface area contributed by atoms with Crippen LogP contribution in [0.3, 0.4) is 0 Å². The first-order valence-corrected chi connectivity index (χ1v) is 11.5. The van der Waals surface area contributed by atoms with Gasteiger partial charge in [-0.3, -0.25) is 10.0 Å². The van der Waals surface area contributed by atoms with Crippen molar-refractivity contribution in [3.05, 3.63) is 60.2 Å². The van der Waals surface area contributed by atoms with Gasteiger partial charge in [-0.25, -0.2) is 34.8 Å². The molecule has 37 heavy (non-hydrogen) atoms. The Morgan fingerprint density at radius 3 is 2.54 bits per heavy atom. The Hall–Kier alpha value is -4.45. The Bertz CT molecular complexity index is 1400. The van der Waals surface area contributed by atoms with Crippen molar-refractivity contribution in [3.63, 3.8) is 0 Å². The number of nitrogens with one attached hydrogen (secondary N) is 1. The van der Waals surface area contributed by atoms with Gasteiger partial charge in [-0.1, -0.05) is 0 Å². The molecule has 0 atom stereocenters. The first-order chi connectivity index (χ1) is 17.9. The standard InChI is InChI=1S/C25H26FN7O4/c1-15-19-8-16(17-9-20(26)24(36-3)27-11-17)10-21(22(19)31-14-30-15)37-7-5-4-6-33(2)25-28-12-18(13-29-25)23(34)32-35/h8-14,35H,4-7H2,1-3H3,(H,32,34). The molecule has 0 aliphatic carbocycles. The molecule has 0 unspecified atom stereocenters. The Morgan fingerprint density at radius 1 is 1.05 bits per heavy atom. The minimum Gasteiger partial charge on any atom is -0.491 e. The van der Waals surface area contributed by atoms with Crippen LogP contribution in [0.5, 0.6) is 11.6 Å². The summed E-state index contributed by atoms with van der Waals surface area (Å²) in [6, 6.07) is 5.09. The van der Waals surface area contributed by atoms with Crippen molar-refractivity contribution in [2.75, 3.05) is 32.2 Å². The molecule has 0 fully saturated rings. The van der Waals surface area contributed by atoms with Gasteiger partial charge in [0.25, 0.3) is 5.91 Å². The molecule has 2 N–H and O–H groups in total. The van der Waals surface area contributed by atoms with Crippen molar-refractivity contribution in [2.45, 2.75) is 19.8 Å². The number of methoxy groups -OCH3 is 1. The maximum absolute atomic E-state index is 14.3. The SMILES string of the molecule is COc1ncc(-c2cc(OCCCCN(C)c3ncc(C(=O)NO)cn3)c3ncnc(C)c3c2)cc1F. The molecule has 0 saturated carbocycles. The third kappa shape index (κ3) is 5.86. The van der Waals surface area contributed by atoms with Gasteiger partial charge >= 0.3 is 0 Å². The number of aryl methyl sites for hydroxylation is 1. The first kappa shape index (κ1) is 25.6. The summed E-state index contributed by atoms with van der Waals surface area (Å²) in [6.45, 7) is 2.97. The van der Waals surface area contributed by atoms with Crippen molar-refractivity contribution in [3.8, 4) is 22.8 Å². The van der Waals surface area contributed by atoms with Gasteiger partial charge in [-0.05, 0) is 43.5 Å². The van der Waals surface area contributed by atoms with Crippen LogP contribution in [0, 0.1) is 12.7 Å². The number of hydrogen-bond donors (Lipinski definition) is 2. The first-order valence-electron chi connectivity index (χ1n) is 11.5. The zero-order valence-electron chi connectivity index (χ0n) is 20.6. The van der Waals surface area contributed by atoms with E-state index in [1.165, 1.54) is 31.9 Å². The smallest absolute Gasteiger partial charge is 0.277 e. The second-order valence-corrected chi connectivity index (χ2v) is 8.23. The van der Waals surface area contributed by atoms with Crippen LogP contribution < -0.4 is 19.9 Å². The molecule has 3 aromatic heterocycles. The number of anilines is 1. The number of aromatic nitrogens is 5. The van der Waals surface area contributed by atoms with Crippen LogP contribution >= 0.6 is 0 Å². The van der Waals surface area contributed by atoms with E-state index < -0.39 is 11.7 Å². The lowest BCUT2D eigenvalue weighted by atomic mass is 10.0. The van der Waals surface area contributed by atoms with Gasteiger partial charge < -0.3 is 14.4 Å². The number of carbonyl (C=O) groups excluding carboxylic acids is 1. The van der Waals surface area contributed by atoms with Crippen LogP contribution in [0.25, 0.3) is 22.0 Å². The highest BCUT2D eigenvalue weighted by Gasteiger charge is 2.14. The lowest BCUT2D eigenvalue weighted by Gasteiger charge is -2.17. The molecule has 4 aromatic rings. The molecule has 12 heteroatoms. The molecule has 0 saturated heterocycles. The number of rotatable bonds is 10. The Labute approximate surface area is 212 Å². The van der Waals surface area contributed by atoms with Crippen molar-refractivity contribution in [1.82, 2.24) is 30.4 Å². The molecule has 0 aliphatic heterocycles. The third-order valence-electron chi connectivity index (χ3n) is 5.73. The number of unbranched alkanes of at least 4 members (excludes halogenated alkanes) is 1. The third-order valence-corrected chi connectivity index (χ3v) is 5.73. The van der Waals surface area contributed by atoms with Gasteiger partial charge in [-0.15, -0.1) is 0 Å². The highest BCUT2D eigenvalue weighted by molar-refractivity contribution is 5.92. The van der Waals surface area contributed by atoms with Gasteiger partial charge in [0.05, 0.1) is 19.3 Å². The molecule has 1 amide bonds. The van der Waals surface area contributed by atoms with Crippen LogP contribution in [0.2, 0.25) is 0 Å². The highest BCUT2D eigenvalue weighted by atomic mass is 19.1. The predicted molar refractivity (Wildman–Crippen MR) is 133 cm³/mol. The van der Waals surface area contributed by atoms with E-state index in [1.807, 2.05) is 31.0 Å². The molecule has 3 heterocycles. The fraction of sp³-hybridized carbons (Fsp3) is 0.280. The summed E-state index contributed by atoms with van der Waals surface area (Å²) in [7, 11) is 3.22. The number of nitrogens with zero attached hydrogens (tertiary/aromatic N) is 6. The molecule has 4 rings (SSSR count). The molecule has 0 spiro atoms.